The highest BCUT2D eigenvalue weighted by Crippen LogP contribution is 2.18. The molecule has 1 N–H and O–H groups in total. The van der Waals surface area contributed by atoms with E-state index in [1.165, 1.54) is 6.08 Å². The number of ether oxygens (including phenoxy) is 1. The zero-order valence-electron chi connectivity index (χ0n) is 14.0. The lowest BCUT2D eigenvalue weighted by molar-refractivity contribution is -0.111. The van der Waals surface area contributed by atoms with E-state index in [-0.39, 0.29) is 5.91 Å². The Labute approximate surface area is 148 Å². The summed E-state index contributed by atoms with van der Waals surface area (Å²) in [5, 5.41) is 3.42. The molecule has 126 valence electrons. The summed E-state index contributed by atoms with van der Waals surface area (Å²) in [6, 6.07) is 14.7. The second-order valence-electron chi connectivity index (χ2n) is 5.90. The number of hydrogen-bond donors (Lipinski definition) is 1. The molecule has 0 fully saturated rings. The van der Waals surface area contributed by atoms with E-state index in [1.54, 1.807) is 12.1 Å². The minimum atomic E-state index is -0.205. The third-order valence-corrected chi connectivity index (χ3v) is 3.75. The lowest BCUT2D eigenvalue weighted by Gasteiger charge is -2.09. The maximum atomic E-state index is 12.0. The number of amides is 1. The van der Waals surface area contributed by atoms with Crippen LogP contribution in [-0.2, 0) is 4.79 Å². The molecule has 2 rings (SSSR count). The van der Waals surface area contributed by atoms with E-state index >= 15 is 0 Å². The molecule has 0 unspecified atom stereocenters. The van der Waals surface area contributed by atoms with Crippen molar-refractivity contribution in [2.45, 2.75) is 20.3 Å². The summed E-state index contributed by atoms with van der Waals surface area (Å²) in [6.45, 7) is 5.03. The molecule has 0 aliphatic heterocycles. The normalized spacial score (nSPS) is 11.0. The fourth-order valence-corrected chi connectivity index (χ4v) is 2.21. The molecule has 0 saturated heterocycles. The monoisotopic (exact) mass is 343 g/mol. The van der Waals surface area contributed by atoms with Crippen LogP contribution < -0.4 is 10.1 Å². The van der Waals surface area contributed by atoms with E-state index in [0.717, 1.165) is 23.4 Å². The Morgan fingerprint density at radius 3 is 2.54 bits per heavy atom. The number of nitrogens with one attached hydrogen (secondary N) is 1. The van der Waals surface area contributed by atoms with Crippen molar-refractivity contribution in [1.82, 2.24) is 0 Å². The Hall–Kier alpha value is -2.26. The van der Waals surface area contributed by atoms with E-state index in [1.807, 2.05) is 42.5 Å². The van der Waals surface area contributed by atoms with Crippen LogP contribution in [0.2, 0.25) is 5.02 Å². The van der Waals surface area contributed by atoms with Crippen molar-refractivity contribution in [1.29, 1.82) is 0 Å². The van der Waals surface area contributed by atoms with Crippen LogP contribution in [0.15, 0.2) is 54.6 Å². The van der Waals surface area contributed by atoms with Crippen molar-refractivity contribution in [2.75, 3.05) is 11.9 Å². The van der Waals surface area contributed by atoms with Crippen molar-refractivity contribution in [3.8, 4) is 5.75 Å². The highest BCUT2D eigenvalue weighted by molar-refractivity contribution is 6.32. The molecule has 0 aliphatic carbocycles. The van der Waals surface area contributed by atoms with Crippen LogP contribution >= 0.6 is 11.6 Å². The van der Waals surface area contributed by atoms with Gasteiger partial charge in [-0.15, -0.1) is 0 Å². The fourth-order valence-electron chi connectivity index (χ4n) is 2.01. The lowest BCUT2D eigenvalue weighted by Crippen LogP contribution is -2.07. The summed E-state index contributed by atoms with van der Waals surface area (Å²) in [6.07, 6.45) is 4.18. The van der Waals surface area contributed by atoms with Gasteiger partial charge in [-0.25, -0.2) is 0 Å². The van der Waals surface area contributed by atoms with Gasteiger partial charge in [-0.3, -0.25) is 4.79 Å². The molecule has 4 heteroatoms. The van der Waals surface area contributed by atoms with Crippen LogP contribution in [-0.4, -0.2) is 12.5 Å². The van der Waals surface area contributed by atoms with Crippen LogP contribution in [0.1, 0.15) is 25.8 Å². The minimum absolute atomic E-state index is 0.205. The van der Waals surface area contributed by atoms with Crippen LogP contribution in [0.3, 0.4) is 0 Å². The zero-order chi connectivity index (χ0) is 17.4. The van der Waals surface area contributed by atoms with Gasteiger partial charge in [-0.1, -0.05) is 43.6 Å². The molecule has 0 heterocycles. The highest BCUT2D eigenvalue weighted by atomic mass is 35.5. The van der Waals surface area contributed by atoms with Gasteiger partial charge in [-0.2, -0.15) is 0 Å². The fraction of sp³-hybridized carbons (Fsp3) is 0.250. The van der Waals surface area contributed by atoms with Crippen molar-refractivity contribution in [2.24, 2.45) is 5.92 Å². The number of rotatable bonds is 7. The second kappa shape index (κ2) is 9.14. The van der Waals surface area contributed by atoms with Crippen LogP contribution in [0.25, 0.3) is 6.08 Å². The number of carbonyl (C=O) groups is 1. The number of halogens is 1. The van der Waals surface area contributed by atoms with Crippen molar-refractivity contribution < 1.29 is 9.53 Å². The number of carbonyl (C=O) groups excluding carboxylic acids is 1. The molecule has 0 radical (unpaired) electrons. The molecule has 2 aromatic carbocycles. The molecule has 1 amide bonds. The minimum Gasteiger partial charge on any atom is -0.494 e. The van der Waals surface area contributed by atoms with E-state index < -0.39 is 0 Å². The molecular formula is C20H22ClNO2. The average Bonchev–Trinajstić information content (AvgIpc) is 2.55. The first-order chi connectivity index (χ1) is 11.5. The summed E-state index contributed by atoms with van der Waals surface area (Å²) in [5.74, 6) is 1.22. The smallest absolute Gasteiger partial charge is 0.248 e. The molecule has 0 bridgehead atoms. The molecule has 0 aliphatic rings. The zero-order valence-corrected chi connectivity index (χ0v) is 14.7. The largest absolute Gasteiger partial charge is 0.494 e. The molecule has 0 aromatic heterocycles. The molecule has 2 aromatic rings. The van der Waals surface area contributed by atoms with E-state index in [2.05, 4.69) is 19.2 Å². The van der Waals surface area contributed by atoms with Gasteiger partial charge in [0, 0.05) is 16.8 Å². The predicted molar refractivity (Wildman–Crippen MR) is 101 cm³/mol. The highest BCUT2D eigenvalue weighted by Gasteiger charge is 2.01. The van der Waals surface area contributed by atoms with Crippen LogP contribution in [0.4, 0.5) is 5.69 Å². The lowest BCUT2D eigenvalue weighted by atomic mass is 10.1. The Morgan fingerprint density at radius 2 is 1.88 bits per heavy atom. The molecule has 0 spiro atoms. The van der Waals surface area contributed by atoms with Crippen molar-refractivity contribution >= 4 is 29.3 Å². The maximum Gasteiger partial charge on any atom is 0.248 e. The first-order valence-electron chi connectivity index (χ1n) is 8.01. The summed E-state index contributed by atoms with van der Waals surface area (Å²) in [4.78, 5) is 12.0. The Bertz CT molecular complexity index is 693. The molecule has 0 saturated carbocycles. The summed E-state index contributed by atoms with van der Waals surface area (Å²) < 4.78 is 5.65. The van der Waals surface area contributed by atoms with Crippen LogP contribution in [0.5, 0.6) is 5.75 Å². The first kappa shape index (κ1) is 18.1. The standard InChI is InChI=1S/C20H22ClNO2/c1-15(2)13-14-24-18-10-8-17(9-11-18)22-20(23)12-7-16-5-3-4-6-19(16)21/h3-12,15H,13-14H2,1-2H3,(H,22,23). The molecule has 24 heavy (non-hydrogen) atoms. The van der Waals surface area contributed by atoms with Gasteiger partial charge >= 0.3 is 0 Å². The van der Waals surface area contributed by atoms with Crippen molar-refractivity contribution in [3.63, 3.8) is 0 Å². The number of anilines is 1. The summed E-state index contributed by atoms with van der Waals surface area (Å²) in [5.41, 5.74) is 1.53. The SMILES string of the molecule is CC(C)CCOc1ccc(NC(=O)C=Cc2ccccc2Cl)cc1. The van der Waals surface area contributed by atoms with E-state index in [4.69, 9.17) is 16.3 Å². The quantitative estimate of drug-likeness (QED) is 0.682. The van der Waals surface area contributed by atoms with Gasteiger partial charge in [-0.05, 0) is 54.3 Å². The van der Waals surface area contributed by atoms with Crippen LogP contribution in [0, 0.1) is 5.92 Å². The third-order valence-electron chi connectivity index (χ3n) is 3.41. The Kier molecular flexibility index (Phi) is 6.89. The Balaban J connectivity index is 1.87. The third kappa shape index (κ3) is 6.09. The maximum absolute atomic E-state index is 12.0. The summed E-state index contributed by atoms with van der Waals surface area (Å²) in [7, 11) is 0. The van der Waals surface area contributed by atoms with E-state index in [0.29, 0.717) is 17.5 Å². The van der Waals surface area contributed by atoms with Gasteiger partial charge in [0.05, 0.1) is 6.61 Å². The first-order valence-corrected chi connectivity index (χ1v) is 8.39. The molecular weight excluding hydrogens is 322 g/mol. The van der Waals surface area contributed by atoms with Gasteiger partial charge in [0.2, 0.25) is 5.91 Å². The number of hydrogen-bond acceptors (Lipinski definition) is 2. The number of benzene rings is 2. The average molecular weight is 344 g/mol. The summed E-state index contributed by atoms with van der Waals surface area (Å²) >= 11 is 6.05. The predicted octanol–water partition coefficient (Wildman–Crippen LogP) is 5.42. The van der Waals surface area contributed by atoms with Crippen molar-refractivity contribution in [3.05, 3.63) is 65.2 Å². The van der Waals surface area contributed by atoms with Gasteiger partial charge < -0.3 is 10.1 Å². The Morgan fingerprint density at radius 1 is 1.17 bits per heavy atom. The van der Waals surface area contributed by atoms with E-state index in [9.17, 15) is 4.79 Å². The van der Waals surface area contributed by atoms with Gasteiger partial charge in [0.1, 0.15) is 5.75 Å². The van der Waals surface area contributed by atoms with Gasteiger partial charge in [0.15, 0.2) is 0 Å². The molecule has 3 nitrogen and oxygen atoms in total. The van der Waals surface area contributed by atoms with Gasteiger partial charge in [0.25, 0.3) is 0 Å². The second-order valence-corrected chi connectivity index (χ2v) is 6.31. The molecule has 0 atom stereocenters. The topological polar surface area (TPSA) is 38.3 Å².